The Morgan fingerprint density at radius 1 is 1.00 bits per heavy atom. The molecule has 5 radical (unpaired) electrons. The van der Waals surface area contributed by atoms with Crippen molar-refractivity contribution in [2.24, 2.45) is 0 Å². The number of carbonyl (C=O) groups excluding carboxylic acids is 2. The summed E-state index contributed by atoms with van der Waals surface area (Å²) in [6.45, 7) is 0.596. The quantitative estimate of drug-likeness (QED) is 0.120. The minimum Gasteiger partial charge on any atom is -0.361 e. The summed E-state index contributed by atoms with van der Waals surface area (Å²) in [7, 11) is 0. The third kappa shape index (κ3) is 7.04. The molecule has 1 aliphatic rings. The van der Waals surface area contributed by atoms with Gasteiger partial charge in [0, 0.05) is 54.4 Å². The van der Waals surface area contributed by atoms with E-state index in [1.54, 1.807) is 37.8 Å². The monoisotopic (exact) mass is 517 g/mol. The summed E-state index contributed by atoms with van der Waals surface area (Å²) in [6, 6.07) is 12.9. The van der Waals surface area contributed by atoms with Crippen LogP contribution in [-0.2, 0) is 16.0 Å². The maximum atomic E-state index is 13.1. The summed E-state index contributed by atoms with van der Waals surface area (Å²) in [6.07, 6.45) is 9.09. The normalized spacial score (nSPS) is 14.2. The highest BCUT2D eigenvalue weighted by Crippen LogP contribution is 2.24. The van der Waals surface area contributed by atoms with E-state index in [0.29, 0.717) is 29.7 Å². The van der Waals surface area contributed by atoms with Crippen molar-refractivity contribution in [3.05, 3.63) is 102 Å². The molecule has 37 heavy (non-hydrogen) atoms. The number of aromatic nitrogens is 1. The van der Waals surface area contributed by atoms with Gasteiger partial charge in [-0.3, -0.25) is 19.7 Å². The van der Waals surface area contributed by atoms with E-state index in [0.717, 1.165) is 16.5 Å². The lowest BCUT2D eigenvalue weighted by Gasteiger charge is -2.20. The minimum absolute atomic E-state index is 0.0141. The molecule has 11 heteroatoms. The number of para-hydroxylation sites is 1. The molecule has 0 spiro atoms. The van der Waals surface area contributed by atoms with Crippen LogP contribution in [0.4, 0.5) is 11.4 Å². The molecule has 189 valence electrons. The van der Waals surface area contributed by atoms with Gasteiger partial charge in [0.25, 0.3) is 5.69 Å². The number of hydrogen-bond acceptors (Lipinski definition) is 5. The largest absolute Gasteiger partial charge is 0.361 e. The Hall–Kier alpha value is -3.99. The molecule has 5 N–H and O–H groups in total. The van der Waals surface area contributed by atoms with Crippen LogP contribution in [0.1, 0.15) is 5.56 Å². The fourth-order valence-corrected chi connectivity index (χ4v) is 4.04. The number of carbonyl (C=O) groups is 2. The van der Waals surface area contributed by atoms with E-state index in [1.807, 2.05) is 30.5 Å². The van der Waals surface area contributed by atoms with E-state index < -0.39 is 11.0 Å². The highest BCUT2D eigenvalue weighted by atomic mass is 32.1. The molecule has 1 fully saturated rings. The molecule has 1 heterocycles. The van der Waals surface area contributed by atoms with Crippen LogP contribution in [0.5, 0.6) is 0 Å². The third-order valence-electron chi connectivity index (χ3n) is 5.69. The number of hydrogen-bond donors (Lipinski definition) is 5. The SMILES string of the molecule is O=C(N[C@@H](Cc1c[nH]c2ccccc12)C(=O)NCCNC(=S)Nc1ccc([N+](=O)[O-])cc1)[C]1[CH][CH][CH][CH]1. The Kier molecular flexibility index (Phi) is 8.68. The van der Waals surface area contributed by atoms with E-state index >= 15 is 0 Å². The number of nitro groups is 1. The van der Waals surface area contributed by atoms with Gasteiger partial charge in [-0.05, 0) is 61.7 Å². The van der Waals surface area contributed by atoms with Crippen LogP contribution in [-0.4, -0.2) is 46.0 Å². The van der Waals surface area contributed by atoms with Crippen molar-refractivity contribution in [2.45, 2.75) is 12.5 Å². The first-order valence-electron chi connectivity index (χ1n) is 11.6. The molecule has 10 nitrogen and oxygen atoms in total. The second-order valence-corrected chi connectivity index (χ2v) is 8.65. The highest BCUT2D eigenvalue weighted by molar-refractivity contribution is 7.80. The number of amides is 2. The topological polar surface area (TPSA) is 141 Å². The Morgan fingerprint density at radius 2 is 1.70 bits per heavy atom. The second-order valence-electron chi connectivity index (χ2n) is 8.24. The van der Waals surface area contributed by atoms with Crippen LogP contribution in [0.15, 0.2) is 54.7 Å². The molecule has 1 atom stereocenters. The first-order chi connectivity index (χ1) is 17.9. The number of anilines is 1. The maximum Gasteiger partial charge on any atom is 0.269 e. The summed E-state index contributed by atoms with van der Waals surface area (Å²) >= 11 is 5.25. The molecule has 0 saturated heterocycles. The van der Waals surface area contributed by atoms with Crippen LogP contribution in [0.3, 0.4) is 0 Å². The molecule has 0 bridgehead atoms. The van der Waals surface area contributed by atoms with E-state index in [9.17, 15) is 19.7 Å². The molecule has 1 aliphatic carbocycles. The summed E-state index contributed by atoms with van der Waals surface area (Å²) in [5.74, 6) is -0.154. The summed E-state index contributed by atoms with van der Waals surface area (Å²) in [5.41, 5.74) is 2.46. The van der Waals surface area contributed by atoms with Gasteiger partial charge in [-0.2, -0.15) is 0 Å². The van der Waals surface area contributed by atoms with Crippen LogP contribution >= 0.6 is 12.2 Å². The van der Waals surface area contributed by atoms with E-state index in [2.05, 4.69) is 26.3 Å². The van der Waals surface area contributed by atoms with Crippen molar-refractivity contribution in [2.75, 3.05) is 18.4 Å². The van der Waals surface area contributed by atoms with E-state index in [1.165, 1.54) is 12.1 Å². The number of benzene rings is 2. The van der Waals surface area contributed by atoms with Gasteiger partial charge < -0.3 is 26.3 Å². The molecule has 2 aromatic carbocycles. The van der Waals surface area contributed by atoms with Crippen molar-refractivity contribution in [1.82, 2.24) is 20.9 Å². The molecule has 1 aromatic heterocycles. The first kappa shape index (κ1) is 26.1. The van der Waals surface area contributed by atoms with Gasteiger partial charge >= 0.3 is 0 Å². The Morgan fingerprint density at radius 3 is 2.43 bits per heavy atom. The molecule has 0 unspecified atom stereocenters. The smallest absolute Gasteiger partial charge is 0.269 e. The van der Waals surface area contributed by atoms with Gasteiger partial charge in [0.2, 0.25) is 11.8 Å². The molecular formula is C26H25N6O4S. The molecule has 1 saturated carbocycles. The number of aromatic amines is 1. The summed E-state index contributed by atoms with van der Waals surface area (Å²) < 4.78 is 0. The standard InChI is InChI=1S/C26H25N6O4S/c33-24(17-5-1-2-6-17)31-23(15-18-16-29-22-8-4-3-7-21(18)22)25(34)27-13-14-28-26(37)30-19-9-11-20(12-10-19)32(35)36/h1-12,16,23,29H,13-15H2,(H,27,34)(H,31,33)(H2,28,30,37)/t23-/m0/s1. The number of nitrogens with one attached hydrogen (secondary N) is 5. The molecule has 4 rings (SSSR count). The van der Waals surface area contributed by atoms with E-state index in [-0.39, 0.29) is 24.0 Å². The zero-order valence-electron chi connectivity index (χ0n) is 19.7. The highest BCUT2D eigenvalue weighted by Gasteiger charge is 2.29. The lowest BCUT2D eigenvalue weighted by atomic mass is 10.0. The number of thiocarbonyl (C=S) groups is 1. The number of non-ortho nitro benzene ring substituents is 1. The number of H-pyrrole nitrogens is 1. The minimum atomic E-state index is -0.785. The van der Waals surface area contributed by atoms with Gasteiger partial charge in [-0.15, -0.1) is 0 Å². The van der Waals surface area contributed by atoms with Crippen molar-refractivity contribution in [3.63, 3.8) is 0 Å². The van der Waals surface area contributed by atoms with Crippen molar-refractivity contribution in [3.8, 4) is 0 Å². The number of nitrogens with zero attached hydrogens (tertiary/aromatic N) is 1. The van der Waals surface area contributed by atoms with Crippen molar-refractivity contribution >= 4 is 51.4 Å². The van der Waals surface area contributed by atoms with Crippen LogP contribution in [0, 0.1) is 41.7 Å². The Balaban J connectivity index is 1.30. The number of fused-ring (bicyclic) bond motifs is 1. The zero-order chi connectivity index (χ0) is 26.2. The fourth-order valence-electron chi connectivity index (χ4n) is 3.82. The molecule has 3 aromatic rings. The first-order valence-corrected chi connectivity index (χ1v) is 12.0. The van der Waals surface area contributed by atoms with Gasteiger partial charge in [0.05, 0.1) is 10.8 Å². The second kappa shape index (κ2) is 12.3. The Labute approximate surface area is 219 Å². The Bertz CT molecular complexity index is 1270. The molecule has 2 amide bonds. The van der Waals surface area contributed by atoms with Gasteiger partial charge in [-0.25, -0.2) is 0 Å². The number of rotatable bonds is 10. The predicted molar refractivity (Wildman–Crippen MR) is 145 cm³/mol. The lowest BCUT2D eigenvalue weighted by Crippen LogP contribution is -2.50. The van der Waals surface area contributed by atoms with E-state index in [4.69, 9.17) is 12.2 Å². The summed E-state index contributed by atoms with van der Waals surface area (Å²) in [4.78, 5) is 39.2. The predicted octanol–water partition coefficient (Wildman–Crippen LogP) is 2.61. The number of nitro benzene ring substituents is 1. The van der Waals surface area contributed by atoms with Gasteiger partial charge in [-0.1, -0.05) is 18.2 Å². The van der Waals surface area contributed by atoms with Crippen molar-refractivity contribution in [1.29, 1.82) is 0 Å². The van der Waals surface area contributed by atoms with Gasteiger partial charge in [0.1, 0.15) is 6.04 Å². The lowest BCUT2D eigenvalue weighted by molar-refractivity contribution is -0.384. The fraction of sp³-hybridized carbons (Fsp3) is 0.154. The summed E-state index contributed by atoms with van der Waals surface area (Å²) in [5, 5.41) is 23.7. The molecular weight excluding hydrogens is 492 g/mol. The average Bonchev–Trinajstić information content (AvgIpc) is 3.57. The van der Waals surface area contributed by atoms with Gasteiger partial charge in [0.15, 0.2) is 5.11 Å². The average molecular weight is 518 g/mol. The van der Waals surface area contributed by atoms with Crippen LogP contribution < -0.4 is 21.3 Å². The van der Waals surface area contributed by atoms with Crippen LogP contribution in [0.2, 0.25) is 0 Å². The van der Waals surface area contributed by atoms with Crippen molar-refractivity contribution < 1.29 is 14.5 Å². The third-order valence-corrected chi connectivity index (χ3v) is 5.94. The maximum absolute atomic E-state index is 13.1. The van der Waals surface area contributed by atoms with Crippen LogP contribution in [0.25, 0.3) is 10.9 Å². The molecule has 0 aliphatic heterocycles. The zero-order valence-corrected chi connectivity index (χ0v) is 20.5.